The van der Waals surface area contributed by atoms with Gasteiger partial charge < -0.3 is 19.7 Å². The van der Waals surface area contributed by atoms with Gasteiger partial charge in [-0.3, -0.25) is 13.9 Å². The van der Waals surface area contributed by atoms with Crippen molar-refractivity contribution in [2.45, 2.75) is 57.5 Å². The van der Waals surface area contributed by atoms with Crippen molar-refractivity contribution in [3.63, 3.8) is 0 Å². The molecule has 3 aromatic carbocycles. The van der Waals surface area contributed by atoms with E-state index in [9.17, 15) is 18.0 Å². The van der Waals surface area contributed by atoms with Gasteiger partial charge in [0.05, 0.1) is 10.6 Å². The summed E-state index contributed by atoms with van der Waals surface area (Å²) in [6.07, 6.45) is 2.11. The summed E-state index contributed by atoms with van der Waals surface area (Å²) in [7, 11) is -4.17. The van der Waals surface area contributed by atoms with Crippen LogP contribution in [0.2, 0.25) is 0 Å². The van der Waals surface area contributed by atoms with Crippen LogP contribution in [-0.4, -0.2) is 57.5 Å². The summed E-state index contributed by atoms with van der Waals surface area (Å²) in [4.78, 5) is 29.1. The van der Waals surface area contributed by atoms with Crippen LogP contribution in [0.5, 0.6) is 11.5 Å². The summed E-state index contributed by atoms with van der Waals surface area (Å²) >= 11 is 0. The summed E-state index contributed by atoms with van der Waals surface area (Å²) in [6.45, 7) is 6.71. The predicted molar refractivity (Wildman–Crippen MR) is 162 cm³/mol. The standard InChI is InChI=1S/C32H39N3O6S/c1-4-6-18-33-32(37)28(5-2)34(22-25-13-11-10-12-24(25)3)31(36)23-35(42(38,39)27-14-8-7-9-15-27)26-16-17-29-30(21-26)41-20-19-40-29/h7-17,21,28H,4-6,18-20,22-23H2,1-3H3,(H,33,37). The lowest BCUT2D eigenvalue weighted by Crippen LogP contribution is -2.52. The van der Waals surface area contributed by atoms with E-state index in [1.165, 1.54) is 17.0 Å². The fourth-order valence-electron chi connectivity index (χ4n) is 4.83. The van der Waals surface area contributed by atoms with Crippen LogP contribution < -0.4 is 19.1 Å². The Hall–Kier alpha value is -4.05. The SMILES string of the molecule is CCCCNC(=O)C(CC)N(Cc1ccccc1C)C(=O)CN(c1ccc2c(c1)OCCO2)S(=O)(=O)c1ccccc1. The highest BCUT2D eigenvalue weighted by atomic mass is 32.2. The zero-order valence-corrected chi connectivity index (χ0v) is 25.2. The summed E-state index contributed by atoms with van der Waals surface area (Å²) in [5.74, 6) is 0.150. The lowest BCUT2D eigenvalue weighted by atomic mass is 10.1. The number of carbonyl (C=O) groups is 2. The highest BCUT2D eigenvalue weighted by Gasteiger charge is 2.34. The van der Waals surface area contributed by atoms with E-state index in [1.54, 1.807) is 36.4 Å². The molecule has 1 N–H and O–H groups in total. The zero-order valence-electron chi connectivity index (χ0n) is 24.4. The summed E-state index contributed by atoms with van der Waals surface area (Å²) in [6, 6.07) is 19.7. The highest BCUT2D eigenvalue weighted by Crippen LogP contribution is 2.36. The Balaban J connectivity index is 1.74. The summed E-state index contributed by atoms with van der Waals surface area (Å²) < 4.78 is 40.5. The number of rotatable bonds is 13. The lowest BCUT2D eigenvalue weighted by molar-refractivity contribution is -0.140. The number of aryl methyl sites for hydroxylation is 1. The average molecular weight is 594 g/mol. The first kappa shape index (κ1) is 30.9. The molecule has 42 heavy (non-hydrogen) atoms. The summed E-state index contributed by atoms with van der Waals surface area (Å²) in [5, 5.41) is 2.95. The maximum Gasteiger partial charge on any atom is 0.264 e. The molecule has 224 valence electrons. The van der Waals surface area contributed by atoms with Gasteiger partial charge in [-0.2, -0.15) is 0 Å². The maximum absolute atomic E-state index is 14.2. The van der Waals surface area contributed by atoms with E-state index in [0.29, 0.717) is 37.7 Å². The molecular formula is C32H39N3O6S. The van der Waals surface area contributed by atoms with E-state index < -0.39 is 28.5 Å². The van der Waals surface area contributed by atoms with Gasteiger partial charge in [-0.1, -0.05) is 62.7 Å². The molecular weight excluding hydrogens is 554 g/mol. The minimum atomic E-state index is -4.17. The Morgan fingerprint density at radius 1 is 0.929 bits per heavy atom. The molecule has 0 aromatic heterocycles. The molecule has 4 rings (SSSR count). The number of sulfonamides is 1. The van der Waals surface area contributed by atoms with E-state index in [2.05, 4.69) is 5.32 Å². The number of hydrogen-bond acceptors (Lipinski definition) is 6. The molecule has 2 amide bonds. The van der Waals surface area contributed by atoms with Gasteiger partial charge in [-0.25, -0.2) is 8.42 Å². The van der Waals surface area contributed by atoms with Gasteiger partial charge in [0.1, 0.15) is 25.8 Å². The first-order chi connectivity index (χ1) is 20.3. The molecule has 1 atom stereocenters. The first-order valence-corrected chi connectivity index (χ1v) is 15.8. The molecule has 0 bridgehead atoms. The molecule has 0 radical (unpaired) electrons. The number of fused-ring (bicyclic) bond motifs is 1. The van der Waals surface area contributed by atoms with Gasteiger partial charge in [0.15, 0.2) is 11.5 Å². The molecule has 1 aliphatic rings. The first-order valence-electron chi connectivity index (χ1n) is 14.3. The Kier molecular flexibility index (Phi) is 10.5. The third-order valence-corrected chi connectivity index (χ3v) is 9.03. The van der Waals surface area contributed by atoms with Crippen molar-refractivity contribution < 1.29 is 27.5 Å². The van der Waals surface area contributed by atoms with Crippen LogP contribution in [0.25, 0.3) is 0 Å². The number of amides is 2. The number of nitrogens with zero attached hydrogens (tertiary/aromatic N) is 2. The van der Waals surface area contributed by atoms with Gasteiger partial charge in [-0.05, 0) is 55.2 Å². The molecule has 1 aliphatic heterocycles. The van der Waals surface area contributed by atoms with Gasteiger partial charge >= 0.3 is 0 Å². The van der Waals surface area contributed by atoms with Crippen molar-refractivity contribution in [2.24, 2.45) is 0 Å². The Morgan fingerprint density at radius 3 is 2.31 bits per heavy atom. The van der Waals surface area contributed by atoms with E-state index in [1.807, 2.05) is 45.0 Å². The van der Waals surface area contributed by atoms with Gasteiger partial charge in [0.25, 0.3) is 10.0 Å². The monoisotopic (exact) mass is 593 g/mol. The van der Waals surface area contributed by atoms with E-state index >= 15 is 0 Å². The number of nitrogens with one attached hydrogen (secondary N) is 1. The molecule has 1 heterocycles. The zero-order chi connectivity index (χ0) is 30.1. The lowest BCUT2D eigenvalue weighted by Gasteiger charge is -2.33. The number of anilines is 1. The van der Waals surface area contributed by atoms with Crippen LogP contribution in [0.4, 0.5) is 5.69 Å². The second-order valence-electron chi connectivity index (χ2n) is 10.2. The molecule has 0 saturated heterocycles. The van der Waals surface area contributed by atoms with Crippen LogP contribution in [0.1, 0.15) is 44.2 Å². The minimum Gasteiger partial charge on any atom is -0.486 e. The van der Waals surface area contributed by atoms with Crippen molar-refractivity contribution >= 4 is 27.5 Å². The van der Waals surface area contributed by atoms with Crippen molar-refractivity contribution in [1.29, 1.82) is 0 Å². The number of carbonyl (C=O) groups excluding carboxylic acids is 2. The fourth-order valence-corrected chi connectivity index (χ4v) is 6.26. The van der Waals surface area contributed by atoms with E-state index in [-0.39, 0.29) is 23.0 Å². The second kappa shape index (κ2) is 14.2. The highest BCUT2D eigenvalue weighted by molar-refractivity contribution is 7.92. The third-order valence-electron chi connectivity index (χ3n) is 7.24. The molecule has 0 fully saturated rings. The summed E-state index contributed by atoms with van der Waals surface area (Å²) in [5.41, 5.74) is 2.10. The smallest absolute Gasteiger partial charge is 0.264 e. The van der Waals surface area contributed by atoms with Crippen LogP contribution in [0, 0.1) is 6.92 Å². The number of unbranched alkanes of at least 4 members (excludes halogenated alkanes) is 1. The van der Waals surface area contributed by atoms with Crippen LogP contribution >= 0.6 is 0 Å². The normalized spacial score (nSPS) is 13.2. The molecule has 10 heteroatoms. The van der Waals surface area contributed by atoms with Crippen molar-refractivity contribution in [3.8, 4) is 11.5 Å². The molecule has 9 nitrogen and oxygen atoms in total. The van der Waals surface area contributed by atoms with E-state index in [0.717, 1.165) is 28.3 Å². The molecule has 0 spiro atoms. The fraction of sp³-hybridized carbons (Fsp3) is 0.375. The van der Waals surface area contributed by atoms with E-state index in [4.69, 9.17) is 9.47 Å². The topological polar surface area (TPSA) is 105 Å². The van der Waals surface area contributed by atoms with Crippen LogP contribution in [0.15, 0.2) is 77.7 Å². The Morgan fingerprint density at radius 2 is 1.62 bits per heavy atom. The average Bonchev–Trinajstić information content (AvgIpc) is 3.00. The van der Waals surface area contributed by atoms with Gasteiger partial charge in [0, 0.05) is 19.2 Å². The minimum absolute atomic E-state index is 0.0440. The Bertz CT molecular complexity index is 1480. The predicted octanol–water partition coefficient (Wildman–Crippen LogP) is 4.69. The molecule has 3 aromatic rings. The molecule has 1 unspecified atom stereocenters. The molecule has 0 saturated carbocycles. The number of hydrogen-bond donors (Lipinski definition) is 1. The second-order valence-corrected chi connectivity index (χ2v) is 12.0. The van der Waals surface area contributed by atoms with Gasteiger partial charge in [0.2, 0.25) is 11.8 Å². The Labute approximate surface area is 248 Å². The molecule has 0 aliphatic carbocycles. The number of ether oxygens (including phenoxy) is 2. The van der Waals surface area contributed by atoms with Gasteiger partial charge in [-0.15, -0.1) is 0 Å². The quantitative estimate of drug-likeness (QED) is 0.289. The van der Waals surface area contributed by atoms with Crippen molar-refractivity contribution in [3.05, 3.63) is 83.9 Å². The van der Waals surface area contributed by atoms with Crippen molar-refractivity contribution in [1.82, 2.24) is 10.2 Å². The van der Waals surface area contributed by atoms with Crippen LogP contribution in [-0.2, 0) is 26.2 Å². The largest absolute Gasteiger partial charge is 0.486 e. The van der Waals surface area contributed by atoms with Crippen LogP contribution in [0.3, 0.4) is 0 Å². The van der Waals surface area contributed by atoms with Crippen molar-refractivity contribution in [2.75, 3.05) is 30.6 Å². The maximum atomic E-state index is 14.2. The number of benzene rings is 3. The third kappa shape index (κ3) is 7.23.